The third-order valence-electron chi connectivity index (χ3n) is 4.35. The van der Waals surface area contributed by atoms with Crippen LogP contribution in [0.3, 0.4) is 0 Å². The van der Waals surface area contributed by atoms with Crippen molar-refractivity contribution in [1.29, 1.82) is 0 Å². The van der Waals surface area contributed by atoms with Crippen LogP contribution in [0.2, 0.25) is 0 Å². The monoisotopic (exact) mass is 329 g/mol. The second-order valence-corrected chi connectivity index (χ2v) is 6.19. The second kappa shape index (κ2) is 5.53. The Kier molecular flexibility index (Phi) is 3.47. The molecule has 0 saturated carbocycles. The molecule has 3 aromatic rings. The average Bonchev–Trinajstić information content (AvgIpc) is 3.12. The number of rotatable bonds is 3. The molecule has 24 heavy (non-hydrogen) atoms. The van der Waals surface area contributed by atoms with Crippen LogP contribution < -0.4 is 5.56 Å². The van der Waals surface area contributed by atoms with Gasteiger partial charge in [-0.25, -0.2) is 4.98 Å². The molecule has 9 nitrogen and oxygen atoms in total. The van der Waals surface area contributed by atoms with Crippen LogP contribution >= 0.6 is 0 Å². The number of nitrogens with zero attached hydrogens (tertiary/aromatic N) is 6. The predicted molar refractivity (Wildman–Crippen MR) is 86.1 cm³/mol. The Morgan fingerprint density at radius 3 is 3.04 bits per heavy atom. The van der Waals surface area contributed by atoms with Gasteiger partial charge in [-0.05, 0) is 13.0 Å². The maximum Gasteiger partial charge on any atom is 0.262 e. The van der Waals surface area contributed by atoms with E-state index in [9.17, 15) is 9.90 Å². The van der Waals surface area contributed by atoms with E-state index in [0.29, 0.717) is 35.6 Å². The van der Waals surface area contributed by atoms with E-state index in [4.69, 9.17) is 0 Å². The van der Waals surface area contributed by atoms with Crippen molar-refractivity contribution >= 4 is 11.0 Å². The van der Waals surface area contributed by atoms with Crippen LogP contribution in [0.15, 0.2) is 17.1 Å². The summed E-state index contributed by atoms with van der Waals surface area (Å²) in [7, 11) is 1.77. The molecule has 0 spiro atoms. The van der Waals surface area contributed by atoms with Crippen LogP contribution in [0.4, 0.5) is 0 Å². The van der Waals surface area contributed by atoms with Crippen molar-refractivity contribution in [3.05, 3.63) is 39.8 Å². The highest BCUT2D eigenvalue weighted by molar-refractivity contribution is 5.72. The van der Waals surface area contributed by atoms with Gasteiger partial charge in [0.2, 0.25) is 0 Å². The fourth-order valence-electron chi connectivity index (χ4n) is 3.05. The maximum atomic E-state index is 12.1. The SMILES string of the molecule is C[C@H](O)c1cc2n(n1)CCN(Cc1nc3c(cnn3C)c(=O)[nH]1)C2. The van der Waals surface area contributed by atoms with Crippen LogP contribution in [0.25, 0.3) is 11.0 Å². The fraction of sp³-hybridized carbons (Fsp3) is 0.467. The number of aliphatic hydroxyl groups is 1. The lowest BCUT2D eigenvalue weighted by Crippen LogP contribution is -2.34. The third-order valence-corrected chi connectivity index (χ3v) is 4.35. The van der Waals surface area contributed by atoms with Crippen molar-refractivity contribution < 1.29 is 5.11 Å². The van der Waals surface area contributed by atoms with Gasteiger partial charge in [0, 0.05) is 20.1 Å². The van der Waals surface area contributed by atoms with Crippen LogP contribution in [-0.2, 0) is 26.7 Å². The van der Waals surface area contributed by atoms with E-state index in [1.54, 1.807) is 18.7 Å². The van der Waals surface area contributed by atoms with Crippen LogP contribution in [0, 0.1) is 0 Å². The molecule has 4 rings (SSSR count). The van der Waals surface area contributed by atoms with Crippen molar-refractivity contribution in [2.45, 2.75) is 32.7 Å². The van der Waals surface area contributed by atoms with Crippen molar-refractivity contribution in [1.82, 2.24) is 34.4 Å². The number of fused-ring (bicyclic) bond motifs is 2. The Morgan fingerprint density at radius 2 is 2.25 bits per heavy atom. The fourth-order valence-corrected chi connectivity index (χ4v) is 3.05. The highest BCUT2D eigenvalue weighted by atomic mass is 16.3. The topological polar surface area (TPSA) is 105 Å². The zero-order chi connectivity index (χ0) is 16.8. The van der Waals surface area contributed by atoms with E-state index in [-0.39, 0.29) is 5.56 Å². The Balaban J connectivity index is 1.58. The van der Waals surface area contributed by atoms with E-state index in [2.05, 4.69) is 25.1 Å². The lowest BCUT2D eigenvalue weighted by molar-refractivity contribution is 0.188. The summed E-state index contributed by atoms with van der Waals surface area (Å²) in [5.74, 6) is 0.625. The first-order valence-electron chi connectivity index (χ1n) is 7.89. The van der Waals surface area contributed by atoms with E-state index in [1.165, 1.54) is 6.20 Å². The summed E-state index contributed by atoms with van der Waals surface area (Å²) in [5, 5.41) is 18.6. The number of H-pyrrole nitrogens is 1. The highest BCUT2D eigenvalue weighted by Gasteiger charge is 2.21. The summed E-state index contributed by atoms with van der Waals surface area (Å²) in [5.41, 5.74) is 2.17. The average molecular weight is 329 g/mol. The minimum absolute atomic E-state index is 0.165. The molecule has 9 heteroatoms. The van der Waals surface area contributed by atoms with E-state index in [0.717, 1.165) is 18.8 Å². The zero-order valence-corrected chi connectivity index (χ0v) is 13.6. The summed E-state index contributed by atoms with van der Waals surface area (Å²) < 4.78 is 3.54. The molecule has 1 atom stereocenters. The summed E-state index contributed by atoms with van der Waals surface area (Å²) >= 11 is 0. The quantitative estimate of drug-likeness (QED) is 0.696. The molecule has 1 aliphatic rings. The van der Waals surface area contributed by atoms with Crippen LogP contribution in [0.1, 0.15) is 30.2 Å². The number of aliphatic hydroxyl groups excluding tert-OH is 1. The van der Waals surface area contributed by atoms with Crippen LogP contribution in [0.5, 0.6) is 0 Å². The molecular formula is C15H19N7O2. The summed E-state index contributed by atoms with van der Waals surface area (Å²) in [6.45, 7) is 4.52. The van der Waals surface area contributed by atoms with Gasteiger partial charge in [-0.15, -0.1) is 0 Å². The third kappa shape index (κ3) is 2.51. The Morgan fingerprint density at radius 1 is 1.42 bits per heavy atom. The molecule has 0 amide bonds. The molecule has 4 heterocycles. The van der Waals surface area contributed by atoms with Crippen molar-refractivity contribution in [2.75, 3.05) is 6.54 Å². The summed E-state index contributed by atoms with van der Waals surface area (Å²) in [6, 6.07) is 1.93. The van der Waals surface area contributed by atoms with E-state index >= 15 is 0 Å². The standard InChI is InChI=1S/C15H19N7O2/c1-9(23)12-5-10-7-21(3-4-22(10)19-12)8-13-17-14-11(15(24)18-13)6-16-20(14)2/h5-6,9,23H,3-4,7-8H2,1-2H3,(H,17,18,24)/t9-/m0/s1. The smallest absolute Gasteiger partial charge is 0.262 e. The van der Waals surface area contributed by atoms with Gasteiger partial charge < -0.3 is 10.1 Å². The van der Waals surface area contributed by atoms with E-state index in [1.807, 2.05) is 10.7 Å². The molecule has 0 aromatic carbocycles. The van der Waals surface area contributed by atoms with Gasteiger partial charge in [0.1, 0.15) is 11.2 Å². The second-order valence-electron chi connectivity index (χ2n) is 6.19. The van der Waals surface area contributed by atoms with Gasteiger partial charge in [-0.3, -0.25) is 19.1 Å². The number of nitrogens with one attached hydrogen (secondary N) is 1. The molecule has 0 aliphatic carbocycles. The van der Waals surface area contributed by atoms with Crippen molar-refractivity contribution in [2.24, 2.45) is 7.05 Å². The minimum Gasteiger partial charge on any atom is -0.387 e. The van der Waals surface area contributed by atoms with Gasteiger partial charge in [0.15, 0.2) is 5.65 Å². The molecule has 0 radical (unpaired) electrons. The first kappa shape index (κ1) is 15.0. The van der Waals surface area contributed by atoms with Gasteiger partial charge in [-0.1, -0.05) is 0 Å². The van der Waals surface area contributed by atoms with E-state index < -0.39 is 6.10 Å². The van der Waals surface area contributed by atoms with Gasteiger partial charge in [0.05, 0.1) is 36.8 Å². The predicted octanol–water partition coefficient (Wildman–Crippen LogP) is -0.0778. The normalized spacial score (nSPS) is 16.5. The first-order valence-corrected chi connectivity index (χ1v) is 7.89. The Hall–Kier alpha value is -2.52. The number of aromatic nitrogens is 6. The number of hydrogen-bond acceptors (Lipinski definition) is 6. The molecule has 0 unspecified atom stereocenters. The molecule has 3 aromatic heterocycles. The van der Waals surface area contributed by atoms with Gasteiger partial charge in [-0.2, -0.15) is 10.2 Å². The molecule has 0 saturated heterocycles. The molecule has 0 bridgehead atoms. The molecule has 2 N–H and O–H groups in total. The van der Waals surface area contributed by atoms with Crippen molar-refractivity contribution in [3.63, 3.8) is 0 Å². The molecule has 0 fully saturated rings. The lowest BCUT2D eigenvalue weighted by atomic mass is 10.2. The zero-order valence-electron chi connectivity index (χ0n) is 13.6. The van der Waals surface area contributed by atoms with Crippen molar-refractivity contribution in [3.8, 4) is 0 Å². The summed E-state index contributed by atoms with van der Waals surface area (Å²) in [4.78, 5) is 21.7. The maximum absolute atomic E-state index is 12.1. The Bertz CT molecular complexity index is 953. The van der Waals surface area contributed by atoms with Crippen LogP contribution in [-0.4, -0.2) is 46.1 Å². The molecular weight excluding hydrogens is 310 g/mol. The number of aromatic amines is 1. The highest BCUT2D eigenvalue weighted by Crippen LogP contribution is 2.18. The number of aryl methyl sites for hydroxylation is 1. The Labute approximate surface area is 137 Å². The molecule has 126 valence electrons. The van der Waals surface area contributed by atoms with Gasteiger partial charge in [0.25, 0.3) is 5.56 Å². The minimum atomic E-state index is -0.568. The van der Waals surface area contributed by atoms with Gasteiger partial charge >= 0.3 is 0 Å². The largest absolute Gasteiger partial charge is 0.387 e. The molecule has 1 aliphatic heterocycles. The first-order chi connectivity index (χ1) is 11.5. The summed E-state index contributed by atoms with van der Waals surface area (Å²) in [6.07, 6.45) is 0.962. The number of hydrogen-bond donors (Lipinski definition) is 2. The lowest BCUT2D eigenvalue weighted by Gasteiger charge is -2.26.